The lowest BCUT2D eigenvalue weighted by Gasteiger charge is -2.31. The third-order valence-electron chi connectivity index (χ3n) is 4.03. The fraction of sp³-hybridized carbons (Fsp3) is 0.294. The summed E-state index contributed by atoms with van der Waals surface area (Å²) in [5.41, 5.74) is 0.908. The standard InChI is InChI=1S/C17H16ClFN2O3/c18-14-8-13(3-4-15(14)19)20-16(22)11-2-1-6-21(9-11)17(23)12-5-7-24-10-12/h3-5,7-8,10-11H,1-2,6,9H2,(H,20,22). The lowest BCUT2D eigenvalue weighted by molar-refractivity contribution is -0.121. The van der Waals surface area contributed by atoms with Crippen molar-refractivity contribution in [2.45, 2.75) is 12.8 Å². The van der Waals surface area contributed by atoms with Gasteiger partial charge in [0.05, 0.1) is 22.8 Å². The monoisotopic (exact) mass is 350 g/mol. The van der Waals surface area contributed by atoms with Crippen LogP contribution in [-0.4, -0.2) is 29.8 Å². The molecular formula is C17H16ClFN2O3. The molecule has 1 unspecified atom stereocenters. The van der Waals surface area contributed by atoms with Gasteiger partial charge in [-0.1, -0.05) is 11.6 Å². The predicted octanol–water partition coefficient (Wildman–Crippen LogP) is 3.56. The second-order valence-electron chi connectivity index (χ2n) is 5.72. The molecular weight excluding hydrogens is 335 g/mol. The number of nitrogens with one attached hydrogen (secondary N) is 1. The fourth-order valence-electron chi connectivity index (χ4n) is 2.76. The van der Waals surface area contributed by atoms with Crippen LogP contribution in [0.3, 0.4) is 0 Å². The molecule has 0 bridgehead atoms. The first kappa shape index (κ1) is 16.5. The van der Waals surface area contributed by atoms with E-state index in [0.29, 0.717) is 30.8 Å². The molecule has 1 aliphatic heterocycles. The van der Waals surface area contributed by atoms with Gasteiger partial charge in [-0.15, -0.1) is 0 Å². The van der Waals surface area contributed by atoms with Crippen LogP contribution in [0.4, 0.5) is 10.1 Å². The van der Waals surface area contributed by atoms with E-state index in [1.807, 2.05) is 0 Å². The van der Waals surface area contributed by atoms with E-state index in [2.05, 4.69) is 5.32 Å². The van der Waals surface area contributed by atoms with E-state index in [-0.39, 0.29) is 22.8 Å². The van der Waals surface area contributed by atoms with Gasteiger partial charge in [0.1, 0.15) is 12.1 Å². The lowest BCUT2D eigenvalue weighted by Crippen LogP contribution is -2.43. The van der Waals surface area contributed by atoms with Crippen LogP contribution < -0.4 is 5.32 Å². The first-order valence-corrected chi connectivity index (χ1v) is 8.00. The van der Waals surface area contributed by atoms with E-state index in [1.165, 1.54) is 30.7 Å². The number of hydrogen-bond acceptors (Lipinski definition) is 3. The van der Waals surface area contributed by atoms with E-state index < -0.39 is 5.82 Å². The Bertz CT molecular complexity index is 748. The summed E-state index contributed by atoms with van der Waals surface area (Å²) in [4.78, 5) is 26.4. The molecule has 2 heterocycles. The summed E-state index contributed by atoms with van der Waals surface area (Å²) in [7, 11) is 0. The molecule has 2 amide bonds. The second-order valence-corrected chi connectivity index (χ2v) is 6.13. The van der Waals surface area contributed by atoms with Crippen molar-refractivity contribution in [3.63, 3.8) is 0 Å². The van der Waals surface area contributed by atoms with Crippen molar-refractivity contribution in [3.8, 4) is 0 Å². The minimum absolute atomic E-state index is 0.0480. The number of rotatable bonds is 3. The first-order valence-electron chi connectivity index (χ1n) is 7.62. The number of halogens is 2. The minimum Gasteiger partial charge on any atom is -0.472 e. The number of hydrogen-bond donors (Lipinski definition) is 1. The molecule has 0 spiro atoms. The highest BCUT2D eigenvalue weighted by Gasteiger charge is 2.29. The van der Waals surface area contributed by atoms with Crippen LogP contribution in [0.25, 0.3) is 0 Å². The maximum absolute atomic E-state index is 13.2. The summed E-state index contributed by atoms with van der Waals surface area (Å²) in [5.74, 6) is -1.21. The number of furan rings is 1. The van der Waals surface area contributed by atoms with Crippen molar-refractivity contribution >= 4 is 29.1 Å². The summed E-state index contributed by atoms with van der Waals surface area (Å²) in [6.45, 7) is 0.945. The van der Waals surface area contributed by atoms with E-state index in [1.54, 1.807) is 11.0 Å². The molecule has 0 aliphatic carbocycles. The molecule has 3 rings (SSSR count). The number of amides is 2. The molecule has 2 aromatic rings. The smallest absolute Gasteiger partial charge is 0.257 e. The average molecular weight is 351 g/mol. The van der Waals surface area contributed by atoms with Gasteiger partial charge in [0.2, 0.25) is 5.91 Å². The fourth-order valence-corrected chi connectivity index (χ4v) is 2.94. The second kappa shape index (κ2) is 7.05. The summed E-state index contributed by atoms with van der Waals surface area (Å²) < 4.78 is 18.1. The van der Waals surface area contributed by atoms with Gasteiger partial charge in [-0.25, -0.2) is 4.39 Å². The van der Waals surface area contributed by atoms with Crippen LogP contribution in [0.1, 0.15) is 23.2 Å². The van der Waals surface area contributed by atoms with Crippen LogP contribution in [0.2, 0.25) is 5.02 Å². The number of carbonyl (C=O) groups excluding carboxylic acids is 2. The van der Waals surface area contributed by atoms with Crippen molar-refractivity contribution in [2.24, 2.45) is 5.92 Å². The zero-order valence-corrected chi connectivity index (χ0v) is 13.6. The van der Waals surface area contributed by atoms with Gasteiger partial charge in [0.15, 0.2) is 0 Å². The zero-order valence-electron chi connectivity index (χ0n) is 12.8. The van der Waals surface area contributed by atoms with Gasteiger partial charge >= 0.3 is 0 Å². The Hall–Kier alpha value is -2.34. The molecule has 1 aromatic heterocycles. The highest BCUT2D eigenvalue weighted by Crippen LogP contribution is 2.23. The van der Waals surface area contributed by atoms with Crippen LogP contribution in [-0.2, 0) is 4.79 Å². The summed E-state index contributed by atoms with van der Waals surface area (Å²) >= 11 is 5.72. The van der Waals surface area contributed by atoms with Crippen LogP contribution >= 0.6 is 11.6 Å². The van der Waals surface area contributed by atoms with Crippen molar-refractivity contribution in [1.82, 2.24) is 4.90 Å². The van der Waals surface area contributed by atoms with Crippen LogP contribution in [0.5, 0.6) is 0 Å². The Labute approximate surface area is 143 Å². The molecule has 24 heavy (non-hydrogen) atoms. The van der Waals surface area contributed by atoms with E-state index in [0.717, 1.165) is 6.42 Å². The van der Waals surface area contributed by atoms with Crippen molar-refractivity contribution in [2.75, 3.05) is 18.4 Å². The lowest BCUT2D eigenvalue weighted by atomic mass is 9.96. The van der Waals surface area contributed by atoms with Gasteiger partial charge in [0.25, 0.3) is 5.91 Å². The van der Waals surface area contributed by atoms with Crippen LogP contribution in [0, 0.1) is 11.7 Å². The summed E-state index contributed by atoms with van der Waals surface area (Å²) in [5, 5.41) is 2.68. The van der Waals surface area contributed by atoms with Gasteiger partial charge in [-0.2, -0.15) is 0 Å². The third kappa shape index (κ3) is 3.59. The number of piperidine rings is 1. The molecule has 7 heteroatoms. The molecule has 0 radical (unpaired) electrons. The molecule has 1 aromatic carbocycles. The van der Waals surface area contributed by atoms with E-state index in [4.69, 9.17) is 16.0 Å². The van der Waals surface area contributed by atoms with Crippen molar-refractivity contribution < 1.29 is 18.4 Å². The summed E-state index contributed by atoms with van der Waals surface area (Å²) in [6, 6.07) is 5.63. The predicted molar refractivity (Wildman–Crippen MR) is 87.4 cm³/mol. The van der Waals surface area contributed by atoms with Gasteiger partial charge in [0, 0.05) is 18.8 Å². The summed E-state index contributed by atoms with van der Waals surface area (Å²) in [6.07, 6.45) is 4.27. The van der Waals surface area contributed by atoms with Gasteiger partial charge in [-0.05, 0) is 37.1 Å². The Morgan fingerprint density at radius 1 is 1.33 bits per heavy atom. The molecule has 1 aliphatic rings. The van der Waals surface area contributed by atoms with Crippen LogP contribution in [0.15, 0.2) is 41.2 Å². The van der Waals surface area contributed by atoms with E-state index >= 15 is 0 Å². The Kier molecular flexibility index (Phi) is 4.85. The Balaban J connectivity index is 1.64. The molecule has 1 saturated heterocycles. The molecule has 126 valence electrons. The third-order valence-corrected chi connectivity index (χ3v) is 4.32. The normalized spacial score (nSPS) is 17.6. The minimum atomic E-state index is -0.538. The van der Waals surface area contributed by atoms with Gasteiger partial charge in [-0.3, -0.25) is 9.59 Å². The first-order chi connectivity index (χ1) is 11.5. The Morgan fingerprint density at radius 2 is 2.17 bits per heavy atom. The number of carbonyl (C=O) groups is 2. The topological polar surface area (TPSA) is 62.6 Å². The molecule has 1 atom stereocenters. The average Bonchev–Trinajstić information content (AvgIpc) is 3.12. The molecule has 5 nitrogen and oxygen atoms in total. The Morgan fingerprint density at radius 3 is 2.88 bits per heavy atom. The maximum atomic E-state index is 13.2. The maximum Gasteiger partial charge on any atom is 0.257 e. The number of anilines is 1. The molecule has 1 N–H and O–H groups in total. The quantitative estimate of drug-likeness (QED) is 0.920. The molecule has 0 saturated carbocycles. The van der Waals surface area contributed by atoms with Crippen molar-refractivity contribution in [3.05, 3.63) is 53.2 Å². The van der Waals surface area contributed by atoms with E-state index in [9.17, 15) is 14.0 Å². The number of likely N-dealkylation sites (tertiary alicyclic amines) is 1. The zero-order chi connectivity index (χ0) is 17.1. The number of nitrogens with zero attached hydrogens (tertiary/aromatic N) is 1. The highest BCUT2D eigenvalue weighted by atomic mass is 35.5. The van der Waals surface area contributed by atoms with Crippen molar-refractivity contribution in [1.29, 1.82) is 0 Å². The van der Waals surface area contributed by atoms with Gasteiger partial charge < -0.3 is 14.6 Å². The highest BCUT2D eigenvalue weighted by molar-refractivity contribution is 6.31. The number of benzene rings is 1. The molecule has 1 fully saturated rings. The SMILES string of the molecule is O=C(Nc1ccc(F)c(Cl)c1)C1CCCN(C(=O)c2ccoc2)C1. The largest absolute Gasteiger partial charge is 0.472 e.